The largest absolute Gasteiger partial charge is 0.508 e. The van der Waals surface area contributed by atoms with Crippen LogP contribution in [0.2, 0.25) is 0 Å². The molecule has 1 aliphatic heterocycles. The van der Waals surface area contributed by atoms with Crippen molar-refractivity contribution in [2.75, 3.05) is 19.6 Å². The third-order valence-corrected chi connectivity index (χ3v) is 7.32. The van der Waals surface area contributed by atoms with Crippen LogP contribution in [0, 0.1) is 17.8 Å². The molecule has 144 valence electrons. The molecule has 1 aromatic carbocycles. The summed E-state index contributed by atoms with van der Waals surface area (Å²) in [5.41, 5.74) is 0.931. The highest BCUT2D eigenvalue weighted by Gasteiger charge is 2.48. The first-order valence-corrected chi connectivity index (χ1v) is 10.7. The number of aliphatic hydroxyl groups is 1. The van der Waals surface area contributed by atoms with Crippen LogP contribution in [-0.4, -0.2) is 40.3 Å². The number of rotatable bonds is 5. The van der Waals surface area contributed by atoms with E-state index in [-0.39, 0.29) is 5.60 Å². The fourth-order valence-electron chi connectivity index (χ4n) is 6.10. The van der Waals surface area contributed by atoms with Crippen molar-refractivity contribution in [3.63, 3.8) is 0 Å². The highest BCUT2D eigenvalue weighted by atomic mass is 16.3. The van der Waals surface area contributed by atoms with Gasteiger partial charge in [-0.3, -0.25) is 0 Å². The molecule has 0 bridgehead atoms. The number of benzene rings is 1. The van der Waals surface area contributed by atoms with Gasteiger partial charge < -0.3 is 15.1 Å². The number of hydrogen-bond donors (Lipinski definition) is 2. The molecular weight excluding hydrogens is 322 g/mol. The Kier molecular flexibility index (Phi) is 5.29. The molecule has 3 heteroatoms. The fraction of sp³-hybridized carbons (Fsp3) is 0.739. The Morgan fingerprint density at radius 2 is 1.65 bits per heavy atom. The fourth-order valence-corrected chi connectivity index (χ4v) is 6.10. The predicted octanol–water partition coefficient (Wildman–Crippen LogP) is 4.54. The van der Waals surface area contributed by atoms with Gasteiger partial charge in [-0.1, -0.05) is 51.2 Å². The summed E-state index contributed by atoms with van der Waals surface area (Å²) < 4.78 is 0. The van der Waals surface area contributed by atoms with Gasteiger partial charge in [0.25, 0.3) is 0 Å². The molecule has 1 aromatic rings. The normalized spacial score (nSPS) is 34.1. The Hall–Kier alpha value is -1.06. The predicted molar refractivity (Wildman–Crippen MR) is 105 cm³/mol. The van der Waals surface area contributed by atoms with Gasteiger partial charge in [-0.05, 0) is 60.6 Å². The molecule has 3 fully saturated rings. The monoisotopic (exact) mass is 357 g/mol. The van der Waals surface area contributed by atoms with E-state index in [1.165, 1.54) is 37.7 Å². The van der Waals surface area contributed by atoms with E-state index in [0.717, 1.165) is 44.8 Å². The first kappa shape index (κ1) is 18.3. The first-order valence-electron chi connectivity index (χ1n) is 10.7. The van der Waals surface area contributed by atoms with Crippen LogP contribution in [0.4, 0.5) is 0 Å². The molecule has 0 spiro atoms. The first-order chi connectivity index (χ1) is 12.5. The van der Waals surface area contributed by atoms with Crippen molar-refractivity contribution < 1.29 is 10.2 Å². The average molecular weight is 358 g/mol. The van der Waals surface area contributed by atoms with Crippen LogP contribution >= 0.6 is 0 Å². The molecule has 0 amide bonds. The maximum Gasteiger partial charge on any atom is 0.115 e. The maximum atomic E-state index is 11.2. The smallest absolute Gasteiger partial charge is 0.115 e. The molecular formula is C23H35NO2. The number of hydrogen-bond acceptors (Lipinski definition) is 3. The van der Waals surface area contributed by atoms with E-state index in [2.05, 4.69) is 11.8 Å². The van der Waals surface area contributed by atoms with Crippen LogP contribution in [0.5, 0.6) is 5.75 Å². The number of likely N-dealkylation sites (tertiary alicyclic amines) is 1. The van der Waals surface area contributed by atoms with Crippen LogP contribution in [0.25, 0.3) is 0 Å². The number of phenolic OH excluding ortho intramolecular Hbond substituents is 1. The van der Waals surface area contributed by atoms with Crippen LogP contribution < -0.4 is 0 Å². The molecule has 3 nitrogen and oxygen atoms in total. The van der Waals surface area contributed by atoms with Crippen LogP contribution in [0.1, 0.15) is 69.8 Å². The lowest BCUT2D eigenvalue weighted by atomic mass is 9.79. The summed E-state index contributed by atoms with van der Waals surface area (Å²) in [6, 6.07) is 7.66. The highest BCUT2D eigenvalue weighted by Crippen LogP contribution is 2.48. The molecule has 0 radical (unpaired) electrons. The summed E-state index contributed by atoms with van der Waals surface area (Å²) in [5, 5.41) is 20.6. The maximum absolute atomic E-state index is 11.2. The van der Waals surface area contributed by atoms with Gasteiger partial charge in [-0.2, -0.15) is 0 Å². The molecule has 4 atom stereocenters. The van der Waals surface area contributed by atoms with E-state index in [9.17, 15) is 10.2 Å². The topological polar surface area (TPSA) is 43.7 Å². The van der Waals surface area contributed by atoms with Crippen molar-refractivity contribution in [2.45, 2.75) is 69.8 Å². The molecule has 2 saturated carbocycles. The number of aromatic hydroxyl groups is 1. The van der Waals surface area contributed by atoms with Gasteiger partial charge in [0.2, 0.25) is 0 Å². The Labute approximate surface area is 158 Å². The van der Waals surface area contributed by atoms with Gasteiger partial charge in [-0.25, -0.2) is 0 Å². The minimum atomic E-state index is -0.369. The molecule has 4 rings (SSSR count). The zero-order valence-corrected chi connectivity index (χ0v) is 16.2. The number of nitrogens with zero attached hydrogens (tertiary/aromatic N) is 1. The molecule has 3 aliphatic rings. The average Bonchev–Trinajstić information content (AvgIpc) is 3.10. The second-order valence-electron chi connectivity index (χ2n) is 9.57. The SMILES string of the molecule is CC(CN1C[C@@H]2CC(O)(CC3CCCCC3)C[C@@H]2C1)c1ccc(O)cc1. The number of phenols is 1. The standard InChI is InChI=1S/C23H35NO2/c1-17(19-7-9-22(25)10-8-19)14-24-15-20-12-23(26,13-21(20)16-24)11-18-5-3-2-4-6-18/h7-10,17-18,20-21,25-26H,2-6,11-16H2,1H3/t17?,20-,21+,23?. The zero-order chi connectivity index (χ0) is 18.1. The van der Waals surface area contributed by atoms with Crippen LogP contribution in [0.3, 0.4) is 0 Å². The van der Waals surface area contributed by atoms with Crippen LogP contribution in [0.15, 0.2) is 24.3 Å². The third-order valence-electron chi connectivity index (χ3n) is 7.32. The third kappa shape index (κ3) is 4.09. The second-order valence-corrected chi connectivity index (χ2v) is 9.57. The molecule has 2 N–H and O–H groups in total. The summed E-state index contributed by atoms with van der Waals surface area (Å²) in [5.74, 6) is 2.98. The van der Waals surface area contributed by atoms with Crippen LogP contribution in [-0.2, 0) is 0 Å². The molecule has 0 aromatic heterocycles. The number of fused-ring (bicyclic) bond motifs is 1. The Morgan fingerprint density at radius 3 is 2.27 bits per heavy atom. The lowest BCUT2D eigenvalue weighted by Gasteiger charge is -2.32. The minimum absolute atomic E-state index is 0.342. The van der Waals surface area contributed by atoms with E-state index < -0.39 is 0 Å². The van der Waals surface area contributed by atoms with Gasteiger partial charge >= 0.3 is 0 Å². The van der Waals surface area contributed by atoms with Gasteiger partial charge in [-0.15, -0.1) is 0 Å². The molecule has 2 unspecified atom stereocenters. The van der Waals surface area contributed by atoms with Gasteiger partial charge in [0, 0.05) is 19.6 Å². The summed E-state index contributed by atoms with van der Waals surface area (Å²) in [6.45, 7) is 5.67. The lowest BCUT2D eigenvalue weighted by molar-refractivity contribution is 0.00593. The highest BCUT2D eigenvalue weighted by molar-refractivity contribution is 5.28. The Bertz CT molecular complexity index is 579. The van der Waals surface area contributed by atoms with E-state index in [0.29, 0.717) is 23.5 Å². The van der Waals surface area contributed by atoms with E-state index in [1.54, 1.807) is 12.1 Å². The Morgan fingerprint density at radius 1 is 1.04 bits per heavy atom. The summed E-state index contributed by atoms with van der Waals surface area (Å²) in [6.07, 6.45) is 9.93. The summed E-state index contributed by atoms with van der Waals surface area (Å²) >= 11 is 0. The summed E-state index contributed by atoms with van der Waals surface area (Å²) in [4.78, 5) is 2.60. The van der Waals surface area contributed by atoms with Crippen molar-refractivity contribution in [3.05, 3.63) is 29.8 Å². The van der Waals surface area contributed by atoms with Crippen molar-refractivity contribution >= 4 is 0 Å². The van der Waals surface area contributed by atoms with Crippen molar-refractivity contribution in [3.8, 4) is 5.75 Å². The molecule has 2 aliphatic carbocycles. The molecule has 26 heavy (non-hydrogen) atoms. The van der Waals surface area contributed by atoms with Gasteiger partial charge in [0.05, 0.1) is 5.60 Å². The van der Waals surface area contributed by atoms with Gasteiger partial charge in [0.15, 0.2) is 0 Å². The van der Waals surface area contributed by atoms with Crippen molar-refractivity contribution in [2.24, 2.45) is 17.8 Å². The summed E-state index contributed by atoms with van der Waals surface area (Å²) in [7, 11) is 0. The minimum Gasteiger partial charge on any atom is -0.508 e. The quantitative estimate of drug-likeness (QED) is 0.813. The molecule has 1 heterocycles. The lowest BCUT2D eigenvalue weighted by Crippen LogP contribution is -2.33. The second kappa shape index (κ2) is 7.52. The van der Waals surface area contributed by atoms with E-state index >= 15 is 0 Å². The molecule has 1 saturated heterocycles. The van der Waals surface area contributed by atoms with Crippen molar-refractivity contribution in [1.82, 2.24) is 4.90 Å². The Balaban J connectivity index is 1.28. The van der Waals surface area contributed by atoms with E-state index in [1.807, 2.05) is 12.1 Å². The van der Waals surface area contributed by atoms with Crippen molar-refractivity contribution in [1.29, 1.82) is 0 Å². The van der Waals surface area contributed by atoms with Gasteiger partial charge in [0.1, 0.15) is 5.75 Å². The zero-order valence-electron chi connectivity index (χ0n) is 16.2. The van der Waals surface area contributed by atoms with E-state index in [4.69, 9.17) is 0 Å².